The van der Waals surface area contributed by atoms with Crippen molar-refractivity contribution in [3.8, 4) is 0 Å². The molecule has 0 saturated carbocycles. The summed E-state index contributed by atoms with van der Waals surface area (Å²) in [6.07, 6.45) is 0.318. The van der Waals surface area contributed by atoms with E-state index < -0.39 is 17.5 Å². The van der Waals surface area contributed by atoms with Gasteiger partial charge in [-0.2, -0.15) is 0 Å². The number of rotatable bonds is 2. The third kappa shape index (κ3) is 2.61. The summed E-state index contributed by atoms with van der Waals surface area (Å²) in [5.41, 5.74) is 2.12. The van der Waals surface area contributed by atoms with Crippen LogP contribution in [0.4, 0.5) is 5.69 Å². The van der Waals surface area contributed by atoms with Gasteiger partial charge in [0.25, 0.3) is 5.91 Å². The lowest BCUT2D eigenvalue weighted by Crippen LogP contribution is -2.49. The quantitative estimate of drug-likeness (QED) is 0.633. The number of benzene rings is 2. The monoisotopic (exact) mass is 467 g/mol. The van der Waals surface area contributed by atoms with E-state index in [2.05, 4.69) is 15.9 Å². The van der Waals surface area contributed by atoms with Crippen molar-refractivity contribution in [1.82, 2.24) is 10.0 Å². The average Bonchev–Trinajstić information content (AvgIpc) is 3.25. The summed E-state index contributed by atoms with van der Waals surface area (Å²) >= 11 is 3.39. The molecule has 3 amide bonds. The number of carbonyl (C=O) groups is 3. The number of hydrogen-bond donors (Lipinski definition) is 0. The van der Waals surface area contributed by atoms with Crippen molar-refractivity contribution in [2.45, 2.75) is 44.8 Å². The Morgan fingerprint density at radius 2 is 1.53 bits per heavy atom. The van der Waals surface area contributed by atoms with Crippen LogP contribution in [0.2, 0.25) is 0 Å². The molecule has 3 fully saturated rings. The summed E-state index contributed by atoms with van der Waals surface area (Å²) < 4.78 is 0.866. The molecule has 3 aliphatic rings. The van der Waals surface area contributed by atoms with Crippen LogP contribution in [0.15, 0.2) is 53.0 Å². The lowest BCUT2D eigenvalue weighted by Gasteiger charge is -2.38. The van der Waals surface area contributed by atoms with E-state index in [1.54, 1.807) is 29.3 Å². The van der Waals surface area contributed by atoms with E-state index in [0.717, 1.165) is 15.6 Å². The van der Waals surface area contributed by atoms with Gasteiger partial charge in [0, 0.05) is 16.4 Å². The van der Waals surface area contributed by atoms with E-state index in [-0.39, 0.29) is 23.8 Å². The molecule has 0 spiro atoms. The Morgan fingerprint density at radius 3 is 2.17 bits per heavy atom. The van der Waals surface area contributed by atoms with Crippen LogP contribution in [0, 0.1) is 12.8 Å². The second-order valence-electron chi connectivity index (χ2n) is 8.89. The fourth-order valence-electron chi connectivity index (χ4n) is 5.10. The molecule has 0 N–H and O–H groups in total. The van der Waals surface area contributed by atoms with Crippen LogP contribution in [-0.4, -0.2) is 39.3 Å². The predicted octanol–water partition coefficient (Wildman–Crippen LogP) is 3.60. The third-order valence-electron chi connectivity index (χ3n) is 6.38. The minimum absolute atomic E-state index is 0.108. The molecule has 3 aliphatic heterocycles. The molecule has 0 unspecified atom stereocenters. The molecule has 6 nitrogen and oxygen atoms in total. The Labute approximate surface area is 183 Å². The van der Waals surface area contributed by atoms with Crippen LogP contribution in [-0.2, 0) is 14.4 Å². The van der Waals surface area contributed by atoms with E-state index >= 15 is 0 Å². The summed E-state index contributed by atoms with van der Waals surface area (Å²) in [6.45, 7) is 6.00. The molecule has 2 aromatic carbocycles. The zero-order chi connectivity index (χ0) is 21.4. The Kier molecular flexibility index (Phi) is 4.21. The smallest absolute Gasteiger partial charge is 0.259 e. The highest BCUT2D eigenvalue weighted by molar-refractivity contribution is 9.10. The number of hydrazine groups is 1. The molecule has 30 heavy (non-hydrogen) atoms. The first-order valence-corrected chi connectivity index (χ1v) is 10.8. The first-order chi connectivity index (χ1) is 14.2. The minimum atomic E-state index is -0.804. The van der Waals surface area contributed by atoms with Crippen LogP contribution in [0.5, 0.6) is 0 Å². The van der Waals surface area contributed by atoms with Gasteiger partial charge in [-0.25, -0.2) is 9.91 Å². The maximum absolute atomic E-state index is 13.6. The summed E-state index contributed by atoms with van der Waals surface area (Å²) in [5, 5.41) is 3.54. The molecule has 154 valence electrons. The lowest BCUT2D eigenvalue weighted by atomic mass is 9.86. The lowest BCUT2D eigenvalue weighted by molar-refractivity contribution is -0.146. The van der Waals surface area contributed by atoms with Gasteiger partial charge in [-0.05, 0) is 50.6 Å². The largest absolute Gasteiger partial charge is 0.274 e. The second-order valence-corrected chi connectivity index (χ2v) is 9.80. The van der Waals surface area contributed by atoms with Crippen molar-refractivity contribution in [1.29, 1.82) is 0 Å². The summed E-state index contributed by atoms with van der Waals surface area (Å²) in [4.78, 5) is 41.3. The van der Waals surface area contributed by atoms with Gasteiger partial charge in [0.2, 0.25) is 11.8 Å². The number of nitrogens with zero attached hydrogens (tertiary/aromatic N) is 3. The van der Waals surface area contributed by atoms with Crippen molar-refractivity contribution >= 4 is 39.3 Å². The highest BCUT2D eigenvalue weighted by Gasteiger charge is 2.68. The predicted molar refractivity (Wildman–Crippen MR) is 115 cm³/mol. The molecule has 0 bridgehead atoms. The summed E-state index contributed by atoms with van der Waals surface area (Å²) in [6, 6.07) is 13.9. The molecule has 3 atom stereocenters. The van der Waals surface area contributed by atoms with E-state index in [9.17, 15) is 14.4 Å². The maximum Gasteiger partial charge on any atom is 0.259 e. The number of amides is 3. The van der Waals surface area contributed by atoms with Gasteiger partial charge in [-0.15, -0.1) is 0 Å². The zero-order valence-corrected chi connectivity index (χ0v) is 18.6. The highest BCUT2D eigenvalue weighted by atomic mass is 79.9. The van der Waals surface area contributed by atoms with Gasteiger partial charge < -0.3 is 0 Å². The summed E-state index contributed by atoms with van der Waals surface area (Å²) in [7, 11) is 0. The zero-order valence-electron chi connectivity index (χ0n) is 17.0. The Bertz CT molecular complexity index is 1060. The molecular formula is C23H22BrN3O3. The molecule has 5 rings (SSSR count). The number of aryl methyl sites for hydroxylation is 1. The van der Waals surface area contributed by atoms with Crippen molar-refractivity contribution in [3.05, 3.63) is 64.1 Å². The number of carbonyl (C=O) groups excluding carboxylic acids is 3. The number of fused-ring (bicyclic) bond motifs is 3. The molecular weight excluding hydrogens is 446 g/mol. The third-order valence-corrected chi connectivity index (χ3v) is 6.91. The van der Waals surface area contributed by atoms with Gasteiger partial charge in [0.05, 0.1) is 17.6 Å². The van der Waals surface area contributed by atoms with Crippen LogP contribution in [0.1, 0.15) is 37.4 Å². The van der Waals surface area contributed by atoms with Gasteiger partial charge in [-0.1, -0.05) is 45.8 Å². The number of hydrogen-bond acceptors (Lipinski definition) is 4. The van der Waals surface area contributed by atoms with Crippen molar-refractivity contribution < 1.29 is 14.4 Å². The van der Waals surface area contributed by atoms with E-state index in [1.807, 2.05) is 50.0 Å². The first-order valence-electron chi connectivity index (χ1n) is 10.0. The van der Waals surface area contributed by atoms with Crippen LogP contribution >= 0.6 is 15.9 Å². The van der Waals surface area contributed by atoms with Crippen molar-refractivity contribution in [2.75, 3.05) is 4.90 Å². The topological polar surface area (TPSA) is 60.9 Å². The van der Waals surface area contributed by atoms with Crippen LogP contribution in [0.3, 0.4) is 0 Å². The minimum Gasteiger partial charge on any atom is -0.274 e. The SMILES string of the molecule is Cc1ccc([C@@H]2[C@@H]3C(=O)N(c4ccc(Br)cc4)C(=O)[C@@H]3N3C(=O)CC(C)(C)N23)cc1. The van der Waals surface area contributed by atoms with Crippen molar-refractivity contribution in [3.63, 3.8) is 0 Å². The fourth-order valence-corrected chi connectivity index (χ4v) is 5.36. The number of halogens is 1. The molecule has 0 radical (unpaired) electrons. The molecule has 0 aliphatic carbocycles. The van der Waals surface area contributed by atoms with Gasteiger partial charge in [-0.3, -0.25) is 19.4 Å². The normalized spacial score (nSPS) is 27.7. The van der Waals surface area contributed by atoms with E-state index in [4.69, 9.17) is 0 Å². The van der Waals surface area contributed by atoms with Crippen LogP contribution in [0.25, 0.3) is 0 Å². The Morgan fingerprint density at radius 1 is 0.900 bits per heavy atom. The number of imide groups is 1. The van der Waals surface area contributed by atoms with Gasteiger partial charge in [0.1, 0.15) is 6.04 Å². The molecule has 2 aromatic rings. The van der Waals surface area contributed by atoms with Gasteiger partial charge in [0.15, 0.2) is 0 Å². The molecule has 3 saturated heterocycles. The standard InChI is InChI=1S/C23H22BrN3O3/c1-13-4-6-14(7-5-13)19-18-20(26-17(28)12-23(2,3)27(19)26)22(30)25(21(18)29)16-10-8-15(24)9-11-16/h4-11,18-20H,12H2,1-3H3/t18-,19+,20+/m0/s1. The highest BCUT2D eigenvalue weighted by Crippen LogP contribution is 2.53. The first kappa shape index (κ1) is 19.5. The fraction of sp³-hybridized carbons (Fsp3) is 0.348. The van der Waals surface area contributed by atoms with E-state index in [1.165, 1.54) is 4.90 Å². The molecule has 7 heteroatoms. The molecule has 0 aromatic heterocycles. The molecule has 3 heterocycles. The summed E-state index contributed by atoms with van der Waals surface area (Å²) in [5.74, 6) is -1.33. The number of anilines is 1. The average molecular weight is 468 g/mol. The Hall–Kier alpha value is -2.51. The van der Waals surface area contributed by atoms with Gasteiger partial charge >= 0.3 is 0 Å². The van der Waals surface area contributed by atoms with E-state index in [0.29, 0.717) is 12.1 Å². The maximum atomic E-state index is 13.6. The van der Waals surface area contributed by atoms with Crippen molar-refractivity contribution in [2.24, 2.45) is 5.92 Å². The van der Waals surface area contributed by atoms with Crippen LogP contribution < -0.4 is 4.90 Å². The Balaban J connectivity index is 1.64. The second kappa shape index (κ2) is 6.49.